The van der Waals surface area contributed by atoms with Gasteiger partial charge in [-0.05, 0) is 171 Å². The Morgan fingerprint density at radius 2 is 0.510 bits per heavy atom. The molecule has 498 valence electrons. The standard InChI is InChI=1S/C70H30F24N4/c71-63(72,73)40-8-12-44(52(27-40)67(83,84)85)35-4-16-56-48(23-35)49-24-36(45-13-9-41(64(74,75)76)28-53(45)68(86,87)88)5-17-57(49)97(56)60-21-34(32-96)22-61(62(60)39-3-1-2-33(20-39)31-95)98-58-18-6-37(46-14-10-42(65(77,78)79)29-54(46)69(89,90)91)25-50(58)51-26-38(7-19-59(51)98)47-15-11-43(66(80,81)82)30-55(47)70(92,93)94/h1-30H. The van der Waals surface area contributed by atoms with E-state index in [1.165, 1.54) is 45.5 Å². The van der Waals surface area contributed by atoms with Gasteiger partial charge >= 0.3 is 49.4 Å². The minimum atomic E-state index is -5.50. The van der Waals surface area contributed by atoms with Crippen LogP contribution in [0.25, 0.3) is 111 Å². The molecule has 0 radical (unpaired) electrons. The van der Waals surface area contributed by atoms with E-state index in [-0.39, 0.29) is 102 Å². The van der Waals surface area contributed by atoms with Crippen molar-refractivity contribution in [1.29, 1.82) is 10.5 Å². The molecular weight excluding hydrogens is 1350 g/mol. The number of halogens is 24. The van der Waals surface area contributed by atoms with Crippen LogP contribution in [0.4, 0.5) is 105 Å². The molecule has 0 amide bonds. The minimum absolute atomic E-state index is 0.00307. The molecule has 0 unspecified atom stereocenters. The number of aromatic nitrogens is 2. The number of fused-ring (bicyclic) bond motifs is 6. The third-order valence-electron chi connectivity index (χ3n) is 16.4. The summed E-state index contributed by atoms with van der Waals surface area (Å²) in [7, 11) is 0. The fourth-order valence-electron chi connectivity index (χ4n) is 12.1. The van der Waals surface area contributed by atoms with Gasteiger partial charge in [-0.25, -0.2) is 0 Å². The summed E-state index contributed by atoms with van der Waals surface area (Å²) < 4.78 is 350. The monoisotopic (exact) mass is 1380 g/mol. The molecule has 2 heterocycles. The van der Waals surface area contributed by atoms with Gasteiger partial charge in [0.1, 0.15) is 0 Å². The highest BCUT2D eigenvalue weighted by atomic mass is 19.4. The van der Waals surface area contributed by atoms with Crippen LogP contribution in [0.1, 0.15) is 55.6 Å². The molecule has 0 saturated heterocycles. The molecule has 0 aliphatic carbocycles. The highest BCUT2D eigenvalue weighted by molar-refractivity contribution is 6.15. The van der Waals surface area contributed by atoms with Crippen molar-refractivity contribution in [3.05, 3.63) is 238 Å². The van der Waals surface area contributed by atoms with Gasteiger partial charge in [0.25, 0.3) is 0 Å². The average Bonchev–Trinajstić information content (AvgIpc) is 1.58. The molecule has 0 aliphatic rings. The lowest BCUT2D eigenvalue weighted by Crippen LogP contribution is -2.12. The summed E-state index contributed by atoms with van der Waals surface area (Å²) in [5.74, 6) is 0. The van der Waals surface area contributed by atoms with E-state index in [1.54, 1.807) is 0 Å². The van der Waals surface area contributed by atoms with Gasteiger partial charge in [-0.1, -0.05) is 60.7 Å². The van der Waals surface area contributed by atoms with Gasteiger partial charge in [-0.3, -0.25) is 0 Å². The Bertz CT molecular complexity index is 4800. The van der Waals surface area contributed by atoms with Crippen molar-refractivity contribution in [3.63, 3.8) is 0 Å². The van der Waals surface area contributed by atoms with Gasteiger partial charge in [0.2, 0.25) is 0 Å². The number of benzene rings is 10. The Labute approximate surface area is 533 Å². The van der Waals surface area contributed by atoms with Crippen molar-refractivity contribution in [2.45, 2.75) is 49.4 Å². The van der Waals surface area contributed by atoms with Crippen LogP contribution in [0.5, 0.6) is 0 Å². The largest absolute Gasteiger partial charge is 0.417 e. The first-order chi connectivity index (χ1) is 45.5. The Kier molecular flexibility index (Phi) is 15.7. The Balaban J connectivity index is 1.22. The molecule has 28 heteroatoms. The third-order valence-corrected chi connectivity index (χ3v) is 16.4. The van der Waals surface area contributed by atoms with Crippen LogP contribution in [0.2, 0.25) is 0 Å². The number of nitrogens with zero attached hydrogens (tertiary/aromatic N) is 4. The van der Waals surface area contributed by atoms with Crippen LogP contribution in [-0.4, -0.2) is 9.13 Å². The molecule has 4 nitrogen and oxygen atoms in total. The van der Waals surface area contributed by atoms with Gasteiger partial charge in [0.05, 0.1) is 101 Å². The van der Waals surface area contributed by atoms with Crippen molar-refractivity contribution >= 4 is 43.6 Å². The fourth-order valence-corrected chi connectivity index (χ4v) is 12.1. The molecule has 0 fully saturated rings. The van der Waals surface area contributed by atoms with Gasteiger partial charge in [0.15, 0.2) is 0 Å². The van der Waals surface area contributed by atoms with E-state index in [4.69, 9.17) is 0 Å². The molecule has 2 aromatic heterocycles. The molecule has 0 atom stereocenters. The first kappa shape index (κ1) is 67.1. The van der Waals surface area contributed by atoms with Gasteiger partial charge in [-0.15, -0.1) is 0 Å². The van der Waals surface area contributed by atoms with Crippen LogP contribution in [0.3, 0.4) is 0 Å². The number of rotatable bonds is 7. The molecule has 12 rings (SSSR count). The number of nitriles is 2. The summed E-state index contributed by atoms with van der Waals surface area (Å²) in [4.78, 5) is 0. The minimum Gasteiger partial charge on any atom is -0.308 e. The van der Waals surface area contributed by atoms with Crippen molar-refractivity contribution in [1.82, 2.24) is 9.13 Å². The first-order valence-electron chi connectivity index (χ1n) is 28.0. The highest BCUT2D eigenvalue weighted by Gasteiger charge is 2.43. The second-order valence-electron chi connectivity index (χ2n) is 22.3. The highest BCUT2D eigenvalue weighted by Crippen LogP contribution is 2.51. The summed E-state index contributed by atoms with van der Waals surface area (Å²) in [5.41, 5.74) is -21.0. The number of hydrogen-bond acceptors (Lipinski definition) is 2. The molecule has 12 aromatic rings. The van der Waals surface area contributed by atoms with E-state index < -0.39 is 138 Å². The lowest BCUT2D eigenvalue weighted by molar-refractivity contribution is -0.144. The van der Waals surface area contributed by atoms with E-state index >= 15 is 0 Å². The predicted molar refractivity (Wildman–Crippen MR) is 312 cm³/mol. The molecule has 0 spiro atoms. The van der Waals surface area contributed by atoms with E-state index in [2.05, 4.69) is 0 Å². The normalized spacial score (nSPS) is 13.1. The van der Waals surface area contributed by atoms with Crippen molar-refractivity contribution in [3.8, 4) is 79.1 Å². The molecule has 0 bridgehead atoms. The van der Waals surface area contributed by atoms with Crippen molar-refractivity contribution in [2.75, 3.05) is 0 Å². The molecule has 0 aliphatic heterocycles. The number of alkyl halides is 24. The van der Waals surface area contributed by atoms with Crippen LogP contribution < -0.4 is 0 Å². The van der Waals surface area contributed by atoms with E-state index in [1.807, 2.05) is 12.1 Å². The Morgan fingerprint density at radius 3 is 0.745 bits per heavy atom. The second-order valence-corrected chi connectivity index (χ2v) is 22.3. The lowest BCUT2D eigenvalue weighted by atomic mass is 9.94. The summed E-state index contributed by atoms with van der Waals surface area (Å²) in [5, 5.41) is 20.4. The zero-order valence-electron chi connectivity index (χ0n) is 48.2. The van der Waals surface area contributed by atoms with Gasteiger partial charge in [-0.2, -0.15) is 116 Å². The SMILES string of the molecule is N#Cc1cccc(-c2c(-n3c4ccc(-c5ccc(C(F)(F)F)cc5C(F)(F)F)cc4c4cc(-c5ccc(C(F)(F)F)cc5C(F)(F)F)ccc43)cc(C#N)cc2-n2c3ccc(-c4ccc(C(F)(F)F)cc4C(F)(F)F)cc3c3cc(-c4ccc(C(F)(F)F)cc4C(F)(F)F)ccc32)c1. The van der Waals surface area contributed by atoms with Gasteiger partial charge < -0.3 is 9.13 Å². The van der Waals surface area contributed by atoms with Crippen LogP contribution in [-0.2, 0) is 49.4 Å². The maximum atomic E-state index is 14.9. The fraction of sp³-hybridized carbons (Fsp3) is 0.114. The Hall–Kier alpha value is -10.9. The van der Waals surface area contributed by atoms with Gasteiger partial charge in [0, 0.05) is 27.1 Å². The maximum Gasteiger partial charge on any atom is 0.417 e. The quantitative estimate of drug-likeness (QED) is 0.149. The zero-order chi connectivity index (χ0) is 71.1. The first-order valence-corrected chi connectivity index (χ1v) is 28.0. The number of hydrogen-bond donors (Lipinski definition) is 0. The van der Waals surface area contributed by atoms with Crippen LogP contribution >= 0.6 is 0 Å². The molecule has 0 saturated carbocycles. The lowest BCUT2D eigenvalue weighted by Gasteiger charge is -2.21. The topological polar surface area (TPSA) is 57.4 Å². The Morgan fingerprint density at radius 1 is 0.245 bits per heavy atom. The second kappa shape index (κ2) is 22.9. The average molecular weight is 1380 g/mol. The summed E-state index contributed by atoms with van der Waals surface area (Å²) >= 11 is 0. The van der Waals surface area contributed by atoms with Crippen LogP contribution in [0.15, 0.2) is 182 Å². The summed E-state index contributed by atoms with van der Waals surface area (Å²) in [6.45, 7) is 0. The predicted octanol–water partition coefficient (Wildman–Crippen LogP) is 24.1. The smallest absolute Gasteiger partial charge is 0.308 e. The molecular formula is C70H30F24N4. The van der Waals surface area contributed by atoms with E-state index in [0.29, 0.717) is 48.5 Å². The zero-order valence-corrected chi connectivity index (χ0v) is 48.2. The van der Waals surface area contributed by atoms with E-state index in [9.17, 15) is 116 Å². The molecule has 98 heavy (non-hydrogen) atoms. The summed E-state index contributed by atoms with van der Waals surface area (Å²) in [6.07, 6.45) is -43.2. The third kappa shape index (κ3) is 12.1. The molecule has 10 aromatic carbocycles. The summed E-state index contributed by atoms with van der Waals surface area (Å²) in [6, 6.07) is 27.0. The van der Waals surface area contributed by atoms with Crippen molar-refractivity contribution in [2.24, 2.45) is 0 Å². The molecule has 0 N–H and O–H groups in total. The van der Waals surface area contributed by atoms with Crippen molar-refractivity contribution < 1.29 is 105 Å². The van der Waals surface area contributed by atoms with Crippen LogP contribution in [0, 0.1) is 22.7 Å². The van der Waals surface area contributed by atoms with E-state index in [0.717, 1.165) is 72.8 Å². The maximum absolute atomic E-state index is 14.9.